The first kappa shape index (κ1) is 37.0. The number of nitrogens with zero attached hydrogens (tertiary/aromatic N) is 2. The van der Waals surface area contributed by atoms with Gasteiger partial charge in [-0.15, -0.1) is 0 Å². The summed E-state index contributed by atoms with van der Waals surface area (Å²) in [5.74, 6) is 0.331. The van der Waals surface area contributed by atoms with E-state index in [0.29, 0.717) is 44.1 Å². The summed E-state index contributed by atoms with van der Waals surface area (Å²) in [6.45, 7) is 6.97. The molecule has 11 nitrogen and oxygen atoms in total. The van der Waals surface area contributed by atoms with E-state index in [1.165, 1.54) is 24.2 Å². The van der Waals surface area contributed by atoms with Crippen molar-refractivity contribution in [2.75, 3.05) is 26.7 Å². The van der Waals surface area contributed by atoms with Crippen molar-refractivity contribution in [3.8, 4) is 0 Å². The summed E-state index contributed by atoms with van der Waals surface area (Å²) in [6.07, 6.45) is 13.5. The Morgan fingerprint density at radius 2 is 1.60 bits per heavy atom. The molecular formula is C36H61N5O6. The maximum Gasteiger partial charge on any atom is 0.315 e. The summed E-state index contributed by atoms with van der Waals surface area (Å²) in [7, 11) is 1.76. The molecule has 4 aliphatic rings. The van der Waals surface area contributed by atoms with Gasteiger partial charge in [0, 0.05) is 44.2 Å². The van der Waals surface area contributed by atoms with Crippen LogP contribution in [0, 0.1) is 23.7 Å². The number of hydrogen-bond acceptors (Lipinski definition) is 6. The Bertz CT molecular complexity index is 1070. The second kappa shape index (κ2) is 18.1. The Morgan fingerprint density at radius 1 is 0.894 bits per heavy atom. The Labute approximate surface area is 282 Å². The van der Waals surface area contributed by atoms with Crippen LogP contribution in [-0.4, -0.2) is 90.4 Å². The van der Waals surface area contributed by atoms with Crippen LogP contribution < -0.4 is 16.0 Å². The van der Waals surface area contributed by atoms with Gasteiger partial charge in [0.15, 0.2) is 0 Å². The van der Waals surface area contributed by atoms with Gasteiger partial charge in [-0.3, -0.25) is 19.2 Å². The summed E-state index contributed by atoms with van der Waals surface area (Å²) >= 11 is 0. The highest BCUT2D eigenvalue weighted by atomic mass is 16.5. The zero-order chi connectivity index (χ0) is 33.9. The van der Waals surface area contributed by atoms with Crippen molar-refractivity contribution < 1.29 is 28.7 Å². The molecule has 3 aliphatic carbocycles. The van der Waals surface area contributed by atoms with E-state index in [2.05, 4.69) is 36.7 Å². The standard InChI is InChI=1S/C36H61N5O6/c1-5-25(6-2)18-20-47-34(44)17-19-41-23-33(43)40(4)31-16-15-28(22-29(31)35(41)45)37-32(42)21-26-11-13-27(14-12-26)38-36(46)39-30-10-8-7-9-24(30)3/h24-31H,5-23H2,1-4H3,(H,37,42)(H2,38,39,46). The van der Waals surface area contributed by atoms with E-state index in [9.17, 15) is 24.0 Å². The molecule has 0 aromatic heterocycles. The fourth-order valence-corrected chi connectivity index (χ4v) is 8.30. The van der Waals surface area contributed by atoms with E-state index in [1.54, 1.807) is 11.9 Å². The van der Waals surface area contributed by atoms with Crippen LogP contribution in [0.1, 0.15) is 124 Å². The third-order valence-corrected chi connectivity index (χ3v) is 11.6. The molecular weight excluding hydrogens is 598 g/mol. The number of likely N-dealkylation sites (N-methyl/N-ethyl adjacent to an activating group) is 1. The van der Waals surface area contributed by atoms with Gasteiger partial charge in [0.1, 0.15) is 0 Å². The minimum absolute atomic E-state index is 0.00683. The number of ether oxygens (including phenoxy) is 1. The lowest BCUT2D eigenvalue weighted by Crippen LogP contribution is -2.51. The number of carbonyl (C=O) groups excluding carboxylic acids is 5. The van der Waals surface area contributed by atoms with Crippen LogP contribution in [0.15, 0.2) is 0 Å². The molecule has 0 spiro atoms. The van der Waals surface area contributed by atoms with Crippen molar-refractivity contribution in [1.82, 2.24) is 25.8 Å². The third-order valence-electron chi connectivity index (χ3n) is 11.6. The highest BCUT2D eigenvalue weighted by Crippen LogP contribution is 2.33. The minimum Gasteiger partial charge on any atom is -0.466 e. The molecule has 4 rings (SSSR count). The molecule has 5 unspecified atom stereocenters. The van der Waals surface area contributed by atoms with Gasteiger partial charge in [0.2, 0.25) is 17.7 Å². The molecule has 0 aromatic rings. The molecule has 5 amide bonds. The van der Waals surface area contributed by atoms with Crippen LogP contribution in [0.25, 0.3) is 0 Å². The molecule has 266 valence electrons. The zero-order valence-electron chi connectivity index (χ0n) is 29.4. The topological polar surface area (TPSA) is 137 Å². The maximum absolute atomic E-state index is 13.7. The van der Waals surface area contributed by atoms with Gasteiger partial charge in [-0.05, 0) is 82.0 Å². The van der Waals surface area contributed by atoms with Crippen molar-refractivity contribution in [2.45, 2.75) is 148 Å². The largest absolute Gasteiger partial charge is 0.466 e. The number of hydrogen-bond donors (Lipinski definition) is 3. The summed E-state index contributed by atoms with van der Waals surface area (Å²) in [5.41, 5.74) is 0. The number of amides is 5. The second-order valence-electron chi connectivity index (χ2n) is 14.9. The molecule has 1 saturated heterocycles. The minimum atomic E-state index is -0.416. The number of nitrogens with one attached hydrogen (secondary N) is 3. The summed E-state index contributed by atoms with van der Waals surface area (Å²) in [6, 6.07) is 0.000969. The van der Waals surface area contributed by atoms with E-state index in [0.717, 1.165) is 51.4 Å². The molecule has 3 saturated carbocycles. The van der Waals surface area contributed by atoms with Crippen molar-refractivity contribution >= 4 is 29.7 Å². The van der Waals surface area contributed by atoms with Gasteiger partial charge >= 0.3 is 12.0 Å². The first-order valence-electron chi connectivity index (χ1n) is 18.6. The summed E-state index contributed by atoms with van der Waals surface area (Å²) in [5, 5.41) is 9.55. The van der Waals surface area contributed by atoms with Crippen molar-refractivity contribution in [2.24, 2.45) is 23.7 Å². The number of carbonyl (C=O) groups is 5. The fraction of sp³-hybridized carbons (Fsp3) is 0.861. The SMILES string of the molecule is CCC(CC)CCOC(=O)CCN1CC(=O)N(C)C2CCC(NC(=O)CC3CCC(NC(=O)NC4CCCCC4C)CC3)CC2C1=O. The van der Waals surface area contributed by atoms with E-state index in [-0.39, 0.29) is 79.3 Å². The normalized spacial score (nSPS) is 29.9. The smallest absolute Gasteiger partial charge is 0.315 e. The summed E-state index contributed by atoms with van der Waals surface area (Å²) < 4.78 is 5.42. The number of fused-ring (bicyclic) bond motifs is 1. The van der Waals surface area contributed by atoms with Gasteiger partial charge < -0.3 is 30.5 Å². The van der Waals surface area contributed by atoms with Crippen LogP contribution >= 0.6 is 0 Å². The highest BCUT2D eigenvalue weighted by molar-refractivity contribution is 5.89. The molecule has 4 fully saturated rings. The van der Waals surface area contributed by atoms with Crippen LogP contribution in [0.4, 0.5) is 4.79 Å². The highest BCUT2D eigenvalue weighted by Gasteiger charge is 2.44. The van der Waals surface area contributed by atoms with Crippen LogP contribution in [0.3, 0.4) is 0 Å². The molecule has 3 N–H and O–H groups in total. The monoisotopic (exact) mass is 659 g/mol. The molecule has 0 radical (unpaired) electrons. The molecule has 1 aliphatic heterocycles. The van der Waals surface area contributed by atoms with Gasteiger partial charge in [-0.25, -0.2) is 4.79 Å². The molecule has 1 heterocycles. The van der Waals surface area contributed by atoms with Gasteiger partial charge in [-0.1, -0.05) is 46.5 Å². The lowest BCUT2D eigenvalue weighted by molar-refractivity contribution is -0.146. The molecule has 11 heteroatoms. The first-order chi connectivity index (χ1) is 22.6. The summed E-state index contributed by atoms with van der Waals surface area (Å²) in [4.78, 5) is 68.0. The predicted molar refractivity (Wildman–Crippen MR) is 180 cm³/mol. The lowest BCUT2D eigenvalue weighted by Gasteiger charge is -2.39. The molecule has 0 aromatic carbocycles. The predicted octanol–water partition coefficient (Wildman–Crippen LogP) is 4.53. The zero-order valence-corrected chi connectivity index (χ0v) is 29.4. The molecule has 47 heavy (non-hydrogen) atoms. The van der Waals surface area contributed by atoms with E-state index in [4.69, 9.17) is 4.74 Å². The number of urea groups is 1. The third kappa shape index (κ3) is 10.8. The van der Waals surface area contributed by atoms with Crippen LogP contribution in [0.5, 0.6) is 0 Å². The van der Waals surface area contributed by atoms with Gasteiger partial charge in [0.05, 0.1) is 25.5 Å². The molecule has 0 bridgehead atoms. The average molecular weight is 660 g/mol. The van der Waals surface area contributed by atoms with Crippen molar-refractivity contribution in [3.63, 3.8) is 0 Å². The van der Waals surface area contributed by atoms with E-state index in [1.807, 2.05) is 0 Å². The number of esters is 1. The van der Waals surface area contributed by atoms with Gasteiger partial charge in [-0.2, -0.15) is 0 Å². The number of rotatable bonds is 13. The Kier molecular flexibility index (Phi) is 14.2. The average Bonchev–Trinajstić information content (AvgIpc) is 3.14. The second-order valence-corrected chi connectivity index (χ2v) is 14.9. The lowest BCUT2D eigenvalue weighted by atomic mass is 9.79. The van der Waals surface area contributed by atoms with Crippen molar-refractivity contribution in [3.05, 3.63) is 0 Å². The van der Waals surface area contributed by atoms with Crippen molar-refractivity contribution in [1.29, 1.82) is 0 Å². The van der Waals surface area contributed by atoms with Gasteiger partial charge in [0.25, 0.3) is 0 Å². The maximum atomic E-state index is 13.7. The Morgan fingerprint density at radius 3 is 2.30 bits per heavy atom. The first-order valence-corrected chi connectivity index (χ1v) is 18.6. The Hall–Kier alpha value is -2.85. The van der Waals surface area contributed by atoms with E-state index < -0.39 is 5.92 Å². The quantitative estimate of drug-likeness (QED) is 0.249. The van der Waals surface area contributed by atoms with Crippen LogP contribution in [-0.2, 0) is 23.9 Å². The van der Waals surface area contributed by atoms with E-state index >= 15 is 0 Å². The van der Waals surface area contributed by atoms with Crippen LogP contribution in [0.2, 0.25) is 0 Å². The fourth-order valence-electron chi connectivity index (χ4n) is 8.30. The Balaban J connectivity index is 1.19. The molecule has 5 atom stereocenters.